The molecule has 90 valence electrons. The molecule has 0 amide bonds. The van der Waals surface area contributed by atoms with Crippen molar-refractivity contribution in [1.29, 1.82) is 0 Å². The van der Waals surface area contributed by atoms with Crippen molar-refractivity contribution in [3.63, 3.8) is 0 Å². The van der Waals surface area contributed by atoms with Crippen LogP contribution in [0.2, 0.25) is 5.02 Å². The highest BCUT2D eigenvalue weighted by Crippen LogP contribution is 2.11. The van der Waals surface area contributed by atoms with Crippen molar-refractivity contribution >= 4 is 23.4 Å². The van der Waals surface area contributed by atoms with E-state index >= 15 is 0 Å². The SMILES string of the molecule is O=C(Oc1ccccn1)C(=O)c1ccc(Cl)cc1. The van der Waals surface area contributed by atoms with Gasteiger partial charge in [0.2, 0.25) is 5.88 Å². The molecule has 5 heteroatoms. The van der Waals surface area contributed by atoms with Crippen LogP contribution < -0.4 is 4.74 Å². The third kappa shape index (κ3) is 2.93. The number of halogens is 1. The highest BCUT2D eigenvalue weighted by Gasteiger charge is 2.18. The average Bonchev–Trinajstić information content (AvgIpc) is 2.40. The monoisotopic (exact) mass is 261 g/mol. The van der Waals surface area contributed by atoms with Gasteiger partial charge in [-0.3, -0.25) is 4.79 Å². The van der Waals surface area contributed by atoms with Crippen molar-refractivity contribution in [3.8, 4) is 5.88 Å². The zero-order valence-electron chi connectivity index (χ0n) is 9.17. The van der Waals surface area contributed by atoms with Crippen LogP contribution in [0.3, 0.4) is 0 Å². The maximum absolute atomic E-state index is 11.7. The summed E-state index contributed by atoms with van der Waals surface area (Å²) in [6.07, 6.45) is 1.47. The number of ketones is 1. The van der Waals surface area contributed by atoms with E-state index in [1.807, 2.05) is 0 Å². The number of carbonyl (C=O) groups excluding carboxylic acids is 2. The molecular formula is C13H8ClNO3. The number of hydrogen-bond acceptors (Lipinski definition) is 4. The number of hydrogen-bond donors (Lipinski definition) is 0. The predicted octanol–water partition coefficient (Wildman–Crippen LogP) is 2.52. The highest BCUT2D eigenvalue weighted by molar-refractivity contribution is 6.41. The largest absolute Gasteiger partial charge is 0.401 e. The van der Waals surface area contributed by atoms with Crippen LogP contribution in [0.25, 0.3) is 0 Å². The van der Waals surface area contributed by atoms with Crippen molar-refractivity contribution in [1.82, 2.24) is 4.98 Å². The number of benzene rings is 1. The lowest BCUT2D eigenvalue weighted by Gasteiger charge is -2.02. The molecule has 18 heavy (non-hydrogen) atoms. The summed E-state index contributed by atoms with van der Waals surface area (Å²) < 4.78 is 4.83. The van der Waals surface area contributed by atoms with Crippen LogP contribution in [0.4, 0.5) is 0 Å². The lowest BCUT2D eigenvalue weighted by molar-refractivity contribution is -0.129. The number of aromatic nitrogens is 1. The Morgan fingerprint density at radius 2 is 1.78 bits per heavy atom. The average molecular weight is 262 g/mol. The molecule has 2 rings (SSSR count). The molecular weight excluding hydrogens is 254 g/mol. The van der Waals surface area contributed by atoms with Crippen LogP contribution in [-0.4, -0.2) is 16.7 Å². The number of nitrogens with zero attached hydrogens (tertiary/aromatic N) is 1. The Labute approximate surface area is 108 Å². The fourth-order valence-corrected chi connectivity index (χ4v) is 1.39. The molecule has 0 spiro atoms. The molecule has 0 bridgehead atoms. The minimum atomic E-state index is -0.976. The summed E-state index contributed by atoms with van der Waals surface area (Å²) in [5.41, 5.74) is 0.223. The molecule has 0 aliphatic carbocycles. The first kappa shape index (κ1) is 12.3. The quantitative estimate of drug-likeness (QED) is 0.484. The molecule has 1 aromatic heterocycles. The minimum absolute atomic E-state index is 0.0878. The highest BCUT2D eigenvalue weighted by atomic mass is 35.5. The summed E-state index contributed by atoms with van der Waals surface area (Å²) in [4.78, 5) is 27.1. The molecule has 0 fully saturated rings. The summed E-state index contributed by atoms with van der Waals surface area (Å²) in [7, 11) is 0. The summed E-state index contributed by atoms with van der Waals surface area (Å²) >= 11 is 5.69. The van der Waals surface area contributed by atoms with Gasteiger partial charge in [0, 0.05) is 22.8 Å². The third-order valence-corrected chi connectivity index (χ3v) is 2.38. The first-order chi connectivity index (χ1) is 8.66. The van der Waals surface area contributed by atoms with Gasteiger partial charge < -0.3 is 4.74 Å². The van der Waals surface area contributed by atoms with Crippen LogP contribution >= 0.6 is 11.6 Å². The van der Waals surface area contributed by atoms with Crippen LogP contribution in [0.5, 0.6) is 5.88 Å². The van der Waals surface area contributed by atoms with E-state index in [1.165, 1.54) is 36.5 Å². The lowest BCUT2D eigenvalue weighted by Crippen LogP contribution is -2.20. The van der Waals surface area contributed by atoms with E-state index in [0.29, 0.717) is 5.02 Å². The molecule has 0 saturated heterocycles. The van der Waals surface area contributed by atoms with E-state index < -0.39 is 11.8 Å². The van der Waals surface area contributed by atoms with Gasteiger partial charge in [-0.1, -0.05) is 17.7 Å². The van der Waals surface area contributed by atoms with E-state index in [-0.39, 0.29) is 11.4 Å². The minimum Gasteiger partial charge on any atom is -0.401 e. The second-order valence-electron chi connectivity index (χ2n) is 3.39. The van der Waals surface area contributed by atoms with E-state index in [9.17, 15) is 9.59 Å². The van der Waals surface area contributed by atoms with Gasteiger partial charge in [-0.05, 0) is 30.3 Å². The Hall–Kier alpha value is -2.20. The number of esters is 1. The van der Waals surface area contributed by atoms with Gasteiger partial charge in [0.15, 0.2) is 0 Å². The molecule has 0 radical (unpaired) electrons. The van der Waals surface area contributed by atoms with Crippen LogP contribution in [0, 0.1) is 0 Å². The Morgan fingerprint density at radius 1 is 1.06 bits per heavy atom. The molecule has 0 aliphatic rings. The standard InChI is InChI=1S/C13H8ClNO3/c14-10-6-4-9(5-7-10)12(16)13(17)18-11-3-1-2-8-15-11/h1-8H. The fourth-order valence-electron chi connectivity index (χ4n) is 1.27. The molecule has 4 nitrogen and oxygen atoms in total. The molecule has 2 aromatic rings. The van der Waals surface area contributed by atoms with Crippen molar-refractivity contribution in [2.45, 2.75) is 0 Å². The number of Topliss-reactive ketones (excluding diaryl/α,β-unsaturated/α-hetero) is 1. The zero-order chi connectivity index (χ0) is 13.0. The topological polar surface area (TPSA) is 56.3 Å². The molecule has 1 heterocycles. The normalized spacial score (nSPS) is 9.83. The Kier molecular flexibility index (Phi) is 3.69. The van der Waals surface area contributed by atoms with Crippen molar-refractivity contribution in [3.05, 3.63) is 59.2 Å². The smallest absolute Gasteiger partial charge is 0.386 e. The number of carbonyl (C=O) groups is 2. The van der Waals surface area contributed by atoms with Crippen LogP contribution in [-0.2, 0) is 4.79 Å². The first-order valence-corrected chi connectivity index (χ1v) is 5.48. The predicted molar refractivity (Wildman–Crippen MR) is 65.7 cm³/mol. The van der Waals surface area contributed by atoms with Crippen molar-refractivity contribution < 1.29 is 14.3 Å². The maximum atomic E-state index is 11.7. The molecule has 0 atom stereocenters. The van der Waals surface area contributed by atoms with Gasteiger partial charge in [0.25, 0.3) is 5.78 Å². The number of rotatable bonds is 3. The van der Waals surface area contributed by atoms with Gasteiger partial charge in [-0.2, -0.15) is 0 Å². The van der Waals surface area contributed by atoms with E-state index in [4.69, 9.17) is 16.3 Å². The molecule has 0 unspecified atom stereocenters. The van der Waals surface area contributed by atoms with Gasteiger partial charge in [0.1, 0.15) is 0 Å². The zero-order valence-corrected chi connectivity index (χ0v) is 9.92. The van der Waals surface area contributed by atoms with Gasteiger partial charge >= 0.3 is 5.97 Å². The first-order valence-electron chi connectivity index (χ1n) is 5.10. The third-order valence-electron chi connectivity index (χ3n) is 2.13. The summed E-state index contributed by atoms with van der Waals surface area (Å²) in [5.74, 6) is -1.63. The Bertz CT molecular complexity index is 567. The van der Waals surface area contributed by atoms with E-state index in [0.717, 1.165) is 0 Å². The van der Waals surface area contributed by atoms with Gasteiger partial charge in [-0.25, -0.2) is 9.78 Å². The lowest BCUT2D eigenvalue weighted by atomic mass is 10.1. The molecule has 0 N–H and O–H groups in total. The van der Waals surface area contributed by atoms with E-state index in [2.05, 4.69) is 4.98 Å². The number of ether oxygens (including phenoxy) is 1. The second-order valence-corrected chi connectivity index (χ2v) is 3.83. The summed E-state index contributed by atoms with van der Waals surface area (Å²) in [5, 5.41) is 0.490. The van der Waals surface area contributed by atoms with Crippen molar-refractivity contribution in [2.24, 2.45) is 0 Å². The van der Waals surface area contributed by atoms with Crippen molar-refractivity contribution in [2.75, 3.05) is 0 Å². The second kappa shape index (κ2) is 5.42. The molecule has 0 aliphatic heterocycles. The molecule has 1 aromatic carbocycles. The number of pyridine rings is 1. The maximum Gasteiger partial charge on any atom is 0.386 e. The fraction of sp³-hybridized carbons (Fsp3) is 0. The summed E-state index contributed by atoms with van der Waals surface area (Å²) in [6, 6.07) is 10.8. The summed E-state index contributed by atoms with van der Waals surface area (Å²) in [6.45, 7) is 0. The van der Waals surface area contributed by atoms with E-state index in [1.54, 1.807) is 12.1 Å². The van der Waals surface area contributed by atoms with Crippen LogP contribution in [0.15, 0.2) is 48.7 Å². The van der Waals surface area contributed by atoms with Gasteiger partial charge in [-0.15, -0.1) is 0 Å². The molecule has 0 saturated carbocycles. The van der Waals surface area contributed by atoms with Gasteiger partial charge in [0.05, 0.1) is 0 Å². The Morgan fingerprint density at radius 3 is 2.39 bits per heavy atom. The Balaban J connectivity index is 2.10. The van der Waals surface area contributed by atoms with Crippen LogP contribution in [0.1, 0.15) is 10.4 Å².